The maximum atomic E-state index is 13.1. The van der Waals surface area contributed by atoms with Crippen molar-refractivity contribution in [1.29, 1.82) is 0 Å². The molecule has 100 valence electrons. The number of anilines is 1. The van der Waals surface area contributed by atoms with Gasteiger partial charge in [-0.25, -0.2) is 8.78 Å². The van der Waals surface area contributed by atoms with Crippen LogP contribution in [0.5, 0.6) is 5.75 Å². The normalized spacial score (nSPS) is 12.2. The van der Waals surface area contributed by atoms with Gasteiger partial charge in [-0.1, -0.05) is 0 Å². The zero-order valence-corrected chi connectivity index (χ0v) is 10.7. The van der Waals surface area contributed by atoms with Crippen LogP contribution in [0.4, 0.5) is 14.5 Å². The van der Waals surface area contributed by atoms with Crippen LogP contribution in [-0.2, 0) is 0 Å². The predicted octanol–water partition coefficient (Wildman–Crippen LogP) is 4.15. The molecule has 19 heavy (non-hydrogen) atoms. The number of halogens is 2. The molecule has 2 nitrogen and oxygen atoms in total. The third-order valence-corrected chi connectivity index (χ3v) is 2.96. The molecule has 0 aromatic heterocycles. The van der Waals surface area contributed by atoms with Crippen LogP contribution in [0.25, 0.3) is 0 Å². The second-order valence-electron chi connectivity index (χ2n) is 4.57. The summed E-state index contributed by atoms with van der Waals surface area (Å²) >= 11 is 0. The number of rotatable bonds is 3. The number of phenols is 1. The Balaban J connectivity index is 2.20. The van der Waals surface area contributed by atoms with E-state index in [1.54, 1.807) is 25.1 Å². The molecule has 1 unspecified atom stereocenters. The first-order valence-corrected chi connectivity index (χ1v) is 5.98. The van der Waals surface area contributed by atoms with Crippen LogP contribution in [0, 0.1) is 18.6 Å². The molecule has 0 aliphatic carbocycles. The van der Waals surface area contributed by atoms with Crippen molar-refractivity contribution in [2.24, 2.45) is 0 Å². The van der Waals surface area contributed by atoms with Crippen molar-refractivity contribution >= 4 is 5.69 Å². The Morgan fingerprint density at radius 1 is 1.05 bits per heavy atom. The smallest absolute Gasteiger partial charge is 0.126 e. The lowest BCUT2D eigenvalue weighted by molar-refractivity contribution is 0.471. The van der Waals surface area contributed by atoms with Crippen LogP contribution in [0.3, 0.4) is 0 Å². The highest BCUT2D eigenvalue weighted by molar-refractivity contribution is 5.51. The van der Waals surface area contributed by atoms with Crippen molar-refractivity contribution in [2.45, 2.75) is 19.9 Å². The lowest BCUT2D eigenvalue weighted by Gasteiger charge is -2.16. The highest BCUT2D eigenvalue weighted by Gasteiger charge is 2.09. The topological polar surface area (TPSA) is 32.3 Å². The minimum absolute atomic E-state index is 0.218. The molecule has 0 aliphatic rings. The Morgan fingerprint density at radius 2 is 1.68 bits per heavy atom. The Labute approximate surface area is 110 Å². The molecule has 0 spiro atoms. The Morgan fingerprint density at radius 3 is 2.26 bits per heavy atom. The molecule has 0 saturated carbocycles. The van der Waals surface area contributed by atoms with Crippen LogP contribution < -0.4 is 5.32 Å². The van der Waals surface area contributed by atoms with Gasteiger partial charge in [0.1, 0.15) is 17.4 Å². The van der Waals surface area contributed by atoms with Gasteiger partial charge in [-0.3, -0.25) is 0 Å². The number of aryl methyl sites for hydroxylation is 1. The predicted molar refractivity (Wildman–Crippen MR) is 71.2 cm³/mol. The average Bonchev–Trinajstić information content (AvgIpc) is 2.32. The van der Waals surface area contributed by atoms with E-state index in [2.05, 4.69) is 5.32 Å². The van der Waals surface area contributed by atoms with Gasteiger partial charge >= 0.3 is 0 Å². The Kier molecular flexibility index (Phi) is 3.69. The molecule has 2 aromatic carbocycles. The third-order valence-electron chi connectivity index (χ3n) is 2.96. The average molecular weight is 263 g/mol. The molecule has 2 rings (SSSR count). The summed E-state index contributed by atoms with van der Waals surface area (Å²) in [5.41, 5.74) is 2.05. The van der Waals surface area contributed by atoms with Crippen molar-refractivity contribution in [1.82, 2.24) is 0 Å². The lowest BCUT2D eigenvalue weighted by Crippen LogP contribution is -2.07. The second-order valence-corrected chi connectivity index (χ2v) is 4.57. The molecule has 0 aliphatic heterocycles. The Bertz CT molecular complexity index is 578. The fourth-order valence-corrected chi connectivity index (χ4v) is 1.90. The molecule has 2 aromatic rings. The molecule has 0 bridgehead atoms. The molecule has 2 N–H and O–H groups in total. The molecule has 0 heterocycles. The van der Waals surface area contributed by atoms with Gasteiger partial charge in [-0.05, 0) is 55.3 Å². The highest BCUT2D eigenvalue weighted by Crippen LogP contribution is 2.24. The van der Waals surface area contributed by atoms with E-state index in [4.69, 9.17) is 0 Å². The SMILES string of the molecule is Cc1cc(NC(C)c2cc(F)cc(F)c2)ccc1O. The summed E-state index contributed by atoms with van der Waals surface area (Å²) in [4.78, 5) is 0. The van der Waals surface area contributed by atoms with E-state index in [0.717, 1.165) is 17.3 Å². The molecule has 1 atom stereocenters. The second kappa shape index (κ2) is 5.26. The number of hydrogen-bond acceptors (Lipinski definition) is 2. The zero-order chi connectivity index (χ0) is 14.0. The molecule has 0 amide bonds. The number of phenolic OH excluding ortho intramolecular Hbond substituents is 1. The van der Waals surface area contributed by atoms with Crippen LogP contribution in [-0.4, -0.2) is 5.11 Å². The summed E-state index contributed by atoms with van der Waals surface area (Å²) in [6.07, 6.45) is 0. The third kappa shape index (κ3) is 3.22. The van der Waals surface area contributed by atoms with Crippen LogP contribution >= 0.6 is 0 Å². The molecule has 4 heteroatoms. The van der Waals surface area contributed by atoms with Crippen molar-refractivity contribution in [3.05, 3.63) is 59.2 Å². The quantitative estimate of drug-likeness (QED) is 0.815. The maximum absolute atomic E-state index is 13.1. The summed E-state index contributed by atoms with van der Waals surface area (Å²) in [5, 5.41) is 12.6. The monoisotopic (exact) mass is 263 g/mol. The molecule has 0 saturated heterocycles. The van der Waals surface area contributed by atoms with Gasteiger partial charge in [0, 0.05) is 17.8 Å². The van der Waals surface area contributed by atoms with Crippen LogP contribution in [0.1, 0.15) is 24.1 Å². The number of hydrogen-bond donors (Lipinski definition) is 2. The minimum atomic E-state index is -0.592. The summed E-state index contributed by atoms with van der Waals surface area (Å²) in [7, 11) is 0. The summed E-state index contributed by atoms with van der Waals surface area (Å²) in [6.45, 7) is 3.60. The van der Waals surface area contributed by atoms with E-state index in [1.165, 1.54) is 12.1 Å². The first kappa shape index (κ1) is 13.3. The Hall–Kier alpha value is -2.10. The van der Waals surface area contributed by atoms with Crippen LogP contribution in [0.15, 0.2) is 36.4 Å². The van der Waals surface area contributed by atoms with E-state index in [9.17, 15) is 13.9 Å². The lowest BCUT2D eigenvalue weighted by atomic mass is 10.1. The van der Waals surface area contributed by atoms with Gasteiger partial charge in [0.05, 0.1) is 0 Å². The fourth-order valence-electron chi connectivity index (χ4n) is 1.90. The zero-order valence-electron chi connectivity index (χ0n) is 10.7. The minimum Gasteiger partial charge on any atom is -0.508 e. The van der Waals surface area contributed by atoms with Crippen molar-refractivity contribution in [2.75, 3.05) is 5.32 Å². The summed E-state index contributed by atoms with van der Waals surface area (Å²) < 4.78 is 26.3. The number of aromatic hydroxyl groups is 1. The van der Waals surface area contributed by atoms with Gasteiger partial charge in [0.2, 0.25) is 0 Å². The first-order chi connectivity index (χ1) is 8.95. The van der Waals surface area contributed by atoms with E-state index in [-0.39, 0.29) is 11.8 Å². The molecule has 0 radical (unpaired) electrons. The molecular weight excluding hydrogens is 248 g/mol. The van der Waals surface area contributed by atoms with Gasteiger partial charge in [0.25, 0.3) is 0 Å². The van der Waals surface area contributed by atoms with E-state index >= 15 is 0 Å². The van der Waals surface area contributed by atoms with E-state index < -0.39 is 11.6 Å². The largest absolute Gasteiger partial charge is 0.508 e. The standard InChI is InChI=1S/C15H15F2NO/c1-9-5-14(3-4-15(9)19)18-10(2)11-6-12(16)8-13(17)7-11/h3-8,10,18-19H,1-2H3. The van der Waals surface area contributed by atoms with Crippen molar-refractivity contribution < 1.29 is 13.9 Å². The molecular formula is C15H15F2NO. The van der Waals surface area contributed by atoms with E-state index in [0.29, 0.717) is 5.56 Å². The van der Waals surface area contributed by atoms with Gasteiger partial charge in [-0.2, -0.15) is 0 Å². The highest BCUT2D eigenvalue weighted by atomic mass is 19.1. The van der Waals surface area contributed by atoms with Crippen molar-refractivity contribution in [3.63, 3.8) is 0 Å². The molecule has 0 fully saturated rings. The van der Waals surface area contributed by atoms with Gasteiger partial charge in [0.15, 0.2) is 0 Å². The fraction of sp³-hybridized carbons (Fsp3) is 0.200. The number of nitrogens with one attached hydrogen (secondary N) is 1. The first-order valence-electron chi connectivity index (χ1n) is 5.98. The summed E-state index contributed by atoms with van der Waals surface area (Å²) in [6, 6.07) is 8.28. The van der Waals surface area contributed by atoms with Gasteiger partial charge < -0.3 is 10.4 Å². The van der Waals surface area contributed by atoms with E-state index in [1.807, 2.05) is 6.92 Å². The van der Waals surface area contributed by atoms with Gasteiger partial charge in [-0.15, -0.1) is 0 Å². The van der Waals surface area contributed by atoms with Crippen molar-refractivity contribution in [3.8, 4) is 5.75 Å². The maximum Gasteiger partial charge on any atom is 0.126 e. The van der Waals surface area contributed by atoms with Crippen LogP contribution in [0.2, 0.25) is 0 Å². The summed E-state index contributed by atoms with van der Waals surface area (Å²) in [5.74, 6) is -0.967. The number of benzene rings is 2.